The molecule has 0 saturated carbocycles. The average Bonchev–Trinajstić information content (AvgIpc) is 3.01. The minimum absolute atomic E-state index is 0.123. The standard InChI is InChI=1S/C21H19N3O3/c1-3-21(26)11(2)27-10-15-16(21)8-18-19-13(9-24(18)20(15)25)6-12-7-14(22)4-5-17(12)23-19/h4-8,26H,2-3,9-10,22H2,1H3/t21-/m1/s1. The summed E-state index contributed by atoms with van der Waals surface area (Å²) in [5.41, 5.74) is 9.37. The summed E-state index contributed by atoms with van der Waals surface area (Å²) < 4.78 is 7.22. The monoisotopic (exact) mass is 361 g/mol. The van der Waals surface area contributed by atoms with Gasteiger partial charge < -0.3 is 20.1 Å². The third kappa shape index (κ3) is 2.04. The van der Waals surface area contributed by atoms with Crippen LogP contribution in [0, 0.1) is 0 Å². The van der Waals surface area contributed by atoms with Crippen LogP contribution in [0.15, 0.2) is 47.5 Å². The number of aliphatic hydroxyl groups is 1. The number of nitrogens with zero attached hydrogens (tertiary/aromatic N) is 2. The van der Waals surface area contributed by atoms with Gasteiger partial charge in [0.05, 0.1) is 29.0 Å². The Hall–Kier alpha value is -3.12. The van der Waals surface area contributed by atoms with E-state index >= 15 is 0 Å². The molecule has 27 heavy (non-hydrogen) atoms. The van der Waals surface area contributed by atoms with E-state index in [2.05, 4.69) is 6.58 Å². The summed E-state index contributed by atoms with van der Waals surface area (Å²) in [6.07, 6.45) is 0.374. The van der Waals surface area contributed by atoms with Crippen molar-refractivity contribution in [2.45, 2.75) is 32.1 Å². The molecule has 0 bridgehead atoms. The van der Waals surface area contributed by atoms with Crippen LogP contribution in [0.5, 0.6) is 0 Å². The fourth-order valence-electron chi connectivity index (χ4n) is 4.12. The van der Waals surface area contributed by atoms with Crippen molar-refractivity contribution in [1.29, 1.82) is 0 Å². The Morgan fingerprint density at radius 2 is 2.19 bits per heavy atom. The number of ether oxygens (including phenoxy) is 1. The molecule has 2 aliphatic rings. The number of anilines is 1. The molecule has 0 amide bonds. The molecule has 2 aromatic heterocycles. The topological polar surface area (TPSA) is 90.4 Å². The van der Waals surface area contributed by atoms with E-state index in [1.54, 1.807) is 4.57 Å². The van der Waals surface area contributed by atoms with Crippen molar-refractivity contribution < 1.29 is 9.84 Å². The Labute approximate surface area is 155 Å². The fourth-order valence-corrected chi connectivity index (χ4v) is 4.12. The van der Waals surface area contributed by atoms with E-state index < -0.39 is 5.60 Å². The van der Waals surface area contributed by atoms with Crippen LogP contribution in [0.4, 0.5) is 5.69 Å². The van der Waals surface area contributed by atoms with Gasteiger partial charge in [-0.2, -0.15) is 0 Å². The third-order valence-corrected chi connectivity index (χ3v) is 5.70. The van der Waals surface area contributed by atoms with Crippen molar-refractivity contribution in [1.82, 2.24) is 9.55 Å². The van der Waals surface area contributed by atoms with E-state index in [0.29, 0.717) is 35.5 Å². The van der Waals surface area contributed by atoms with E-state index in [0.717, 1.165) is 22.2 Å². The lowest BCUT2D eigenvalue weighted by atomic mass is 9.84. The Morgan fingerprint density at radius 1 is 1.37 bits per heavy atom. The molecule has 0 aliphatic carbocycles. The number of aromatic nitrogens is 2. The molecule has 5 rings (SSSR count). The summed E-state index contributed by atoms with van der Waals surface area (Å²) in [7, 11) is 0. The van der Waals surface area contributed by atoms with Gasteiger partial charge in [-0.3, -0.25) is 4.79 Å². The molecule has 3 aromatic rings. The van der Waals surface area contributed by atoms with Crippen molar-refractivity contribution in [2.24, 2.45) is 0 Å². The third-order valence-electron chi connectivity index (χ3n) is 5.70. The Morgan fingerprint density at radius 3 is 2.96 bits per heavy atom. The maximum atomic E-state index is 13.1. The first-order valence-corrected chi connectivity index (χ1v) is 8.93. The largest absolute Gasteiger partial charge is 0.490 e. The lowest BCUT2D eigenvalue weighted by Crippen LogP contribution is -2.38. The summed E-state index contributed by atoms with van der Waals surface area (Å²) in [6.45, 7) is 6.26. The summed E-state index contributed by atoms with van der Waals surface area (Å²) in [6, 6.07) is 9.47. The number of nitrogen functional groups attached to an aromatic ring is 1. The highest BCUT2D eigenvalue weighted by Crippen LogP contribution is 2.41. The fraction of sp³-hybridized carbons (Fsp3) is 0.238. The Bertz CT molecular complexity index is 1210. The van der Waals surface area contributed by atoms with Crippen LogP contribution in [-0.2, 0) is 23.5 Å². The quantitative estimate of drug-likeness (QED) is 0.509. The van der Waals surface area contributed by atoms with Gasteiger partial charge in [0, 0.05) is 22.2 Å². The first kappa shape index (κ1) is 16.1. The summed E-state index contributed by atoms with van der Waals surface area (Å²) in [5, 5.41) is 12.0. The summed E-state index contributed by atoms with van der Waals surface area (Å²) >= 11 is 0. The second kappa shape index (κ2) is 5.20. The van der Waals surface area contributed by atoms with Gasteiger partial charge in [-0.25, -0.2) is 4.98 Å². The first-order valence-electron chi connectivity index (χ1n) is 8.93. The highest BCUT2D eigenvalue weighted by Gasteiger charge is 2.41. The maximum absolute atomic E-state index is 13.1. The molecular weight excluding hydrogens is 342 g/mol. The van der Waals surface area contributed by atoms with E-state index in [-0.39, 0.29) is 17.9 Å². The highest BCUT2D eigenvalue weighted by atomic mass is 16.5. The second-order valence-corrected chi connectivity index (χ2v) is 7.19. The minimum Gasteiger partial charge on any atom is -0.490 e. The van der Waals surface area contributed by atoms with E-state index in [4.69, 9.17) is 15.5 Å². The number of fused-ring (bicyclic) bond motifs is 5. The van der Waals surface area contributed by atoms with Crippen LogP contribution in [-0.4, -0.2) is 14.7 Å². The number of hydrogen-bond acceptors (Lipinski definition) is 5. The van der Waals surface area contributed by atoms with Gasteiger partial charge in [-0.1, -0.05) is 13.5 Å². The van der Waals surface area contributed by atoms with Crippen LogP contribution in [0.25, 0.3) is 22.3 Å². The predicted octanol–water partition coefficient (Wildman–Crippen LogP) is 2.65. The van der Waals surface area contributed by atoms with Gasteiger partial charge in [0.2, 0.25) is 0 Å². The van der Waals surface area contributed by atoms with Crippen LogP contribution < -0.4 is 11.3 Å². The zero-order chi connectivity index (χ0) is 18.9. The molecule has 0 unspecified atom stereocenters. The zero-order valence-electron chi connectivity index (χ0n) is 15.0. The maximum Gasteiger partial charge on any atom is 0.258 e. The van der Waals surface area contributed by atoms with Gasteiger partial charge in [0.25, 0.3) is 5.56 Å². The lowest BCUT2D eigenvalue weighted by Gasteiger charge is -2.35. The van der Waals surface area contributed by atoms with Crippen molar-refractivity contribution in [3.05, 3.63) is 69.7 Å². The van der Waals surface area contributed by atoms with Crippen molar-refractivity contribution in [2.75, 3.05) is 5.73 Å². The highest BCUT2D eigenvalue weighted by molar-refractivity contribution is 5.86. The summed E-state index contributed by atoms with van der Waals surface area (Å²) in [5.74, 6) is 0.280. The molecule has 136 valence electrons. The first-order chi connectivity index (χ1) is 12.9. The SMILES string of the molecule is C=C1OCc2c(cc3n(c2=O)Cc2cc4cc(N)ccc4nc2-3)[C@@]1(O)CC. The Balaban J connectivity index is 1.80. The summed E-state index contributed by atoms with van der Waals surface area (Å²) in [4.78, 5) is 17.9. The van der Waals surface area contributed by atoms with E-state index in [1.165, 1.54) is 0 Å². The molecule has 0 radical (unpaired) electrons. The molecule has 0 saturated heterocycles. The lowest BCUT2D eigenvalue weighted by molar-refractivity contribution is -0.0172. The molecule has 6 nitrogen and oxygen atoms in total. The van der Waals surface area contributed by atoms with Gasteiger partial charge in [0.15, 0.2) is 0 Å². The number of nitrogens with two attached hydrogens (primary N) is 1. The smallest absolute Gasteiger partial charge is 0.258 e. The second-order valence-electron chi connectivity index (χ2n) is 7.19. The number of pyridine rings is 2. The molecular formula is C21H19N3O3. The van der Waals surface area contributed by atoms with Crippen molar-refractivity contribution in [3.8, 4) is 11.4 Å². The zero-order valence-corrected chi connectivity index (χ0v) is 15.0. The van der Waals surface area contributed by atoms with Crippen LogP contribution in [0.2, 0.25) is 0 Å². The van der Waals surface area contributed by atoms with Gasteiger partial charge >= 0.3 is 0 Å². The predicted molar refractivity (Wildman–Crippen MR) is 103 cm³/mol. The molecule has 1 atom stereocenters. The van der Waals surface area contributed by atoms with Crippen molar-refractivity contribution in [3.63, 3.8) is 0 Å². The molecule has 6 heteroatoms. The number of rotatable bonds is 1. The minimum atomic E-state index is -1.36. The average molecular weight is 361 g/mol. The van der Waals surface area contributed by atoms with E-state index in [9.17, 15) is 9.90 Å². The molecule has 0 fully saturated rings. The van der Waals surface area contributed by atoms with Gasteiger partial charge in [-0.05, 0) is 36.8 Å². The normalized spacial score (nSPS) is 20.1. The molecule has 3 N–H and O–H groups in total. The van der Waals surface area contributed by atoms with E-state index in [1.807, 2.05) is 37.3 Å². The molecule has 4 heterocycles. The van der Waals surface area contributed by atoms with Crippen molar-refractivity contribution >= 4 is 16.6 Å². The van der Waals surface area contributed by atoms with Crippen LogP contribution >= 0.6 is 0 Å². The number of benzene rings is 1. The van der Waals surface area contributed by atoms with Crippen LogP contribution in [0.1, 0.15) is 30.0 Å². The molecule has 0 spiro atoms. The molecule has 1 aromatic carbocycles. The Kier molecular flexibility index (Phi) is 3.10. The number of hydrogen-bond donors (Lipinski definition) is 2. The van der Waals surface area contributed by atoms with Crippen LogP contribution in [0.3, 0.4) is 0 Å². The van der Waals surface area contributed by atoms with Gasteiger partial charge in [-0.15, -0.1) is 0 Å². The molecule has 2 aliphatic heterocycles. The van der Waals surface area contributed by atoms with Gasteiger partial charge in [0.1, 0.15) is 18.0 Å².